The van der Waals surface area contributed by atoms with E-state index in [2.05, 4.69) is 4.98 Å². The van der Waals surface area contributed by atoms with Crippen LogP contribution in [-0.4, -0.2) is 50.0 Å². The van der Waals surface area contributed by atoms with Crippen molar-refractivity contribution in [1.82, 2.24) is 9.29 Å². The second-order valence-corrected chi connectivity index (χ2v) is 7.38. The van der Waals surface area contributed by atoms with E-state index in [0.29, 0.717) is 32.0 Å². The normalized spacial score (nSPS) is 15.7. The zero-order valence-electron chi connectivity index (χ0n) is 13.5. The maximum absolute atomic E-state index is 12.6. The zero-order chi connectivity index (χ0) is 17.7. The molecule has 0 unspecified atom stereocenters. The SMILES string of the molecule is O=C(OCc1ccccn1)c1cccc(S(=O)(=O)N2CCOCC2)c1. The molecular weight excluding hydrogens is 344 g/mol. The quantitative estimate of drug-likeness (QED) is 0.749. The Labute approximate surface area is 146 Å². The van der Waals surface area contributed by atoms with E-state index in [1.165, 1.54) is 28.6 Å². The third kappa shape index (κ3) is 4.22. The Bertz CT molecular complexity index is 833. The Hall–Kier alpha value is -2.29. The Kier molecular flexibility index (Phi) is 5.42. The predicted octanol–water partition coefficient (Wildman–Crippen LogP) is 1.46. The molecule has 0 bridgehead atoms. The van der Waals surface area contributed by atoms with Crippen molar-refractivity contribution in [2.75, 3.05) is 26.3 Å². The summed E-state index contributed by atoms with van der Waals surface area (Å²) in [5.74, 6) is -0.593. The van der Waals surface area contributed by atoms with Crippen LogP contribution in [0.3, 0.4) is 0 Å². The zero-order valence-corrected chi connectivity index (χ0v) is 14.3. The molecule has 7 nitrogen and oxygen atoms in total. The van der Waals surface area contributed by atoms with Crippen LogP contribution >= 0.6 is 0 Å². The van der Waals surface area contributed by atoms with Crippen LogP contribution in [-0.2, 0) is 26.1 Å². The molecule has 0 N–H and O–H groups in total. The number of carbonyl (C=O) groups excluding carboxylic acids is 1. The summed E-state index contributed by atoms with van der Waals surface area (Å²) < 4.78 is 37.0. The molecule has 1 aromatic heterocycles. The average molecular weight is 362 g/mol. The number of carbonyl (C=O) groups is 1. The Morgan fingerprint density at radius 2 is 1.96 bits per heavy atom. The van der Waals surface area contributed by atoms with Gasteiger partial charge in [0.2, 0.25) is 10.0 Å². The molecule has 0 aliphatic carbocycles. The number of esters is 1. The van der Waals surface area contributed by atoms with Gasteiger partial charge in [0.15, 0.2) is 0 Å². The van der Waals surface area contributed by atoms with Gasteiger partial charge in [-0.3, -0.25) is 4.98 Å². The van der Waals surface area contributed by atoms with Gasteiger partial charge in [-0.2, -0.15) is 4.31 Å². The lowest BCUT2D eigenvalue weighted by atomic mass is 10.2. The number of hydrogen-bond acceptors (Lipinski definition) is 6. The van der Waals surface area contributed by atoms with Crippen LogP contribution in [0.15, 0.2) is 53.6 Å². The number of aromatic nitrogens is 1. The standard InChI is InChI=1S/C17H18N2O5S/c20-17(24-13-15-5-1-2-7-18-15)14-4-3-6-16(12-14)25(21,22)19-8-10-23-11-9-19/h1-7,12H,8-11,13H2. The molecule has 3 rings (SSSR count). The van der Waals surface area contributed by atoms with Gasteiger partial charge in [-0.05, 0) is 30.3 Å². The molecule has 2 heterocycles. The van der Waals surface area contributed by atoms with E-state index in [-0.39, 0.29) is 17.1 Å². The van der Waals surface area contributed by atoms with Gasteiger partial charge in [-0.15, -0.1) is 0 Å². The van der Waals surface area contributed by atoms with E-state index in [1.54, 1.807) is 24.4 Å². The van der Waals surface area contributed by atoms with E-state index in [9.17, 15) is 13.2 Å². The lowest BCUT2D eigenvalue weighted by Gasteiger charge is -2.26. The van der Waals surface area contributed by atoms with E-state index in [0.717, 1.165) is 0 Å². The summed E-state index contributed by atoms with van der Waals surface area (Å²) in [6, 6.07) is 11.2. The fourth-order valence-corrected chi connectivity index (χ4v) is 3.88. The second kappa shape index (κ2) is 7.73. The molecule has 1 aliphatic rings. The number of rotatable bonds is 5. The van der Waals surface area contributed by atoms with Crippen molar-refractivity contribution in [2.45, 2.75) is 11.5 Å². The first-order chi connectivity index (χ1) is 12.1. The molecule has 1 fully saturated rings. The fraction of sp³-hybridized carbons (Fsp3) is 0.294. The van der Waals surface area contributed by atoms with Crippen molar-refractivity contribution in [2.24, 2.45) is 0 Å². The highest BCUT2D eigenvalue weighted by Crippen LogP contribution is 2.19. The smallest absolute Gasteiger partial charge is 0.338 e. The maximum atomic E-state index is 12.6. The van der Waals surface area contributed by atoms with Gasteiger partial charge in [0.05, 0.1) is 29.4 Å². The number of nitrogens with zero attached hydrogens (tertiary/aromatic N) is 2. The highest BCUT2D eigenvalue weighted by atomic mass is 32.2. The monoisotopic (exact) mass is 362 g/mol. The van der Waals surface area contributed by atoms with E-state index in [4.69, 9.17) is 9.47 Å². The summed E-state index contributed by atoms with van der Waals surface area (Å²) in [6.45, 7) is 1.36. The van der Waals surface area contributed by atoms with Crippen LogP contribution < -0.4 is 0 Å². The molecular formula is C17H18N2O5S. The van der Waals surface area contributed by atoms with Crippen molar-refractivity contribution >= 4 is 16.0 Å². The fourth-order valence-electron chi connectivity index (χ4n) is 2.43. The van der Waals surface area contributed by atoms with Crippen LogP contribution in [0.4, 0.5) is 0 Å². The molecule has 1 aliphatic heterocycles. The number of hydrogen-bond donors (Lipinski definition) is 0. The Morgan fingerprint density at radius 1 is 1.16 bits per heavy atom. The minimum atomic E-state index is -3.65. The van der Waals surface area contributed by atoms with Crippen LogP contribution in [0.5, 0.6) is 0 Å². The van der Waals surface area contributed by atoms with Gasteiger partial charge in [0.25, 0.3) is 0 Å². The number of sulfonamides is 1. The first-order valence-corrected chi connectivity index (χ1v) is 9.26. The number of pyridine rings is 1. The molecule has 2 aromatic rings. The molecule has 132 valence electrons. The number of morpholine rings is 1. The molecule has 0 radical (unpaired) electrons. The van der Waals surface area contributed by atoms with Gasteiger partial charge in [-0.1, -0.05) is 12.1 Å². The average Bonchev–Trinajstić information content (AvgIpc) is 2.67. The molecule has 1 aromatic carbocycles. The maximum Gasteiger partial charge on any atom is 0.338 e. The third-order valence-corrected chi connectivity index (χ3v) is 5.65. The summed E-state index contributed by atoms with van der Waals surface area (Å²) in [5, 5.41) is 0. The van der Waals surface area contributed by atoms with Gasteiger partial charge in [-0.25, -0.2) is 13.2 Å². The molecule has 8 heteroatoms. The Morgan fingerprint density at radius 3 is 2.68 bits per heavy atom. The van der Waals surface area contributed by atoms with Crippen LogP contribution in [0, 0.1) is 0 Å². The first kappa shape index (κ1) is 17.5. The number of benzene rings is 1. The highest BCUT2D eigenvalue weighted by Gasteiger charge is 2.27. The summed E-state index contributed by atoms with van der Waals surface area (Å²) in [4.78, 5) is 16.3. The van der Waals surface area contributed by atoms with Crippen LogP contribution in [0.2, 0.25) is 0 Å². The first-order valence-electron chi connectivity index (χ1n) is 7.82. The lowest BCUT2D eigenvalue weighted by Crippen LogP contribution is -2.40. The lowest BCUT2D eigenvalue weighted by molar-refractivity contribution is 0.0467. The van der Waals surface area contributed by atoms with Crippen molar-refractivity contribution in [3.05, 3.63) is 59.9 Å². The Balaban J connectivity index is 1.73. The summed E-state index contributed by atoms with van der Waals surface area (Å²) in [7, 11) is -3.65. The van der Waals surface area contributed by atoms with Crippen LogP contribution in [0.1, 0.15) is 16.1 Å². The van der Waals surface area contributed by atoms with Crippen molar-refractivity contribution in [3.63, 3.8) is 0 Å². The summed E-state index contributed by atoms with van der Waals surface area (Å²) in [5.41, 5.74) is 0.804. The molecule has 1 saturated heterocycles. The van der Waals surface area contributed by atoms with E-state index >= 15 is 0 Å². The molecule has 25 heavy (non-hydrogen) atoms. The van der Waals surface area contributed by atoms with Gasteiger partial charge in [0.1, 0.15) is 6.61 Å². The van der Waals surface area contributed by atoms with Gasteiger partial charge in [0, 0.05) is 19.3 Å². The van der Waals surface area contributed by atoms with E-state index < -0.39 is 16.0 Å². The van der Waals surface area contributed by atoms with Gasteiger partial charge >= 0.3 is 5.97 Å². The summed E-state index contributed by atoms with van der Waals surface area (Å²) >= 11 is 0. The van der Waals surface area contributed by atoms with Crippen molar-refractivity contribution < 1.29 is 22.7 Å². The van der Waals surface area contributed by atoms with Crippen LogP contribution in [0.25, 0.3) is 0 Å². The minimum Gasteiger partial charge on any atom is -0.456 e. The van der Waals surface area contributed by atoms with Crippen molar-refractivity contribution in [3.8, 4) is 0 Å². The molecule has 0 amide bonds. The summed E-state index contributed by atoms with van der Waals surface area (Å²) in [6.07, 6.45) is 1.61. The minimum absolute atomic E-state index is 0.0279. The predicted molar refractivity (Wildman–Crippen MR) is 89.4 cm³/mol. The largest absolute Gasteiger partial charge is 0.456 e. The molecule has 0 atom stereocenters. The number of ether oxygens (including phenoxy) is 2. The highest BCUT2D eigenvalue weighted by molar-refractivity contribution is 7.89. The molecule has 0 saturated carbocycles. The van der Waals surface area contributed by atoms with E-state index in [1.807, 2.05) is 0 Å². The second-order valence-electron chi connectivity index (χ2n) is 5.44. The molecule has 0 spiro atoms. The third-order valence-electron chi connectivity index (χ3n) is 3.75. The van der Waals surface area contributed by atoms with Crippen molar-refractivity contribution in [1.29, 1.82) is 0 Å². The topological polar surface area (TPSA) is 85.8 Å². The van der Waals surface area contributed by atoms with Gasteiger partial charge < -0.3 is 9.47 Å².